The van der Waals surface area contributed by atoms with E-state index >= 15 is 0 Å². The molecule has 0 aliphatic carbocycles. The Hall–Kier alpha value is -1.06. The largest absolute Gasteiger partial charge is 0.355 e. The minimum absolute atomic E-state index is 0.0180. The summed E-state index contributed by atoms with van der Waals surface area (Å²) in [6, 6.07) is 0. The van der Waals surface area contributed by atoms with Crippen LogP contribution in [0, 0.1) is 0 Å². The molecule has 1 aromatic rings. The fourth-order valence-electron chi connectivity index (χ4n) is 1.35. The Morgan fingerprint density at radius 2 is 1.95 bits per heavy atom. The third kappa shape index (κ3) is 5.14. The molecule has 0 saturated carbocycles. The number of anilines is 1. The molecule has 1 heterocycles. The van der Waals surface area contributed by atoms with E-state index in [0.29, 0.717) is 18.9 Å². The third-order valence-electron chi connectivity index (χ3n) is 2.68. The minimum Gasteiger partial charge on any atom is -0.355 e. The number of nitrogens with one attached hydrogen (secondary N) is 2. The molecule has 0 aromatic carbocycles. The molecule has 9 heteroatoms. The molecular formula is C11H20N4O3S2. The zero-order valence-corrected chi connectivity index (χ0v) is 13.4. The maximum atomic E-state index is 12.0. The van der Waals surface area contributed by atoms with Gasteiger partial charge in [-0.1, -0.05) is 6.92 Å². The average Bonchev–Trinajstić information content (AvgIpc) is 2.39. The van der Waals surface area contributed by atoms with Crippen molar-refractivity contribution in [3.63, 3.8) is 0 Å². The van der Waals surface area contributed by atoms with Crippen LogP contribution in [0.1, 0.15) is 20.3 Å². The summed E-state index contributed by atoms with van der Waals surface area (Å²) >= 11 is 0. The van der Waals surface area contributed by atoms with Crippen molar-refractivity contribution in [2.45, 2.75) is 30.4 Å². The number of rotatable bonds is 8. The van der Waals surface area contributed by atoms with E-state index in [9.17, 15) is 12.6 Å². The van der Waals surface area contributed by atoms with Gasteiger partial charge in [-0.3, -0.25) is 4.21 Å². The standard InChI is InChI=1S/C11H20N4O3S2/c1-4-12-11-13-7-10(8-14-11)20(17,18)15-6-5-9(2)19(3)16/h7-9,15H,4-6H2,1-3H3,(H,12,13,14). The van der Waals surface area contributed by atoms with E-state index in [1.807, 2.05) is 13.8 Å². The number of aromatic nitrogens is 2. The molecule has 114 valence electrons. The van der Waals surface area contributed by atoms with Crippen molar-refractivity contribution in [1.29, 1.82) is 0 Å². The Bertz CT molecular complexity index is 545. The molecule has 0 spiro atoms. The van der Waals surface area contributed by atoms with Crippen LogP contribution in [0.2, 0.25) is 0 Å². The van der Waals surface area contributed by atoms with E-state index in [-0.39, 0.29) is 16.7 Å². The first-order valence-electron chi connectivity index (χ1n) is 6.24. The highest BCUT2D eigenvalue weighted by Crippen LogP contribution is 2.07. The smallest absolute Gasteiger partial charge is 0.243 e. The zero-order valence-electron chi connectivity index (χ0n) is 11.8. The first kappa shape index (κ1) is 17.0. The van der Waals surface area contributed by atoms with E-state index < -0.39 is 20.8 Å². The van der Waals surface area contributed by atoms with Gasteiger partial charge in [0.15, 0.2) is 0 Å². The lowest BCUT2D eigenvalue weighted by Gasteiger charge is -2.10. The zero-order chi connectivity index (χ0) is 15.2. The van der Waals surface area contributed by atoms with Crippen molar-refractivity contribution in [2.24, 2.45) is 0 Å². The van der Waals surface area contributed by atoms with Crippen LogP contribution in [0.15, 0.2) is 17.3 Å². The molecule has 2 atom stereocenters. The Balaban J connectivity index is 2.62. The Labute approximate surface area is 122 Å². The molecule has 0 aliphatic heterocycles. The van der Waals surface area contributed by atoms with Gasteiger partial charge in [0, 0.05) is 35.4 Å². The fourth-order valence-corrected chi connectivity index (χ4v) is 2.74. The number of sulfonamides is 1. The second kappa shape index (κ2) is 7.65. The van der Waals surface area contributed by atoms with Crippen molar-refractivity contribution >= 4 is 26.8 Å². The van der Waals surface area contributed by atoms with Crippen molar-refractivity contribution < 1.29 is 12.6 Å². The van der Waals surface area contributed by atoms with Crippen LogP contribution in [0.25, 0.3) is 0 Å². The lowest BCUT2D eigenvalue weighted by molar-refractivity contribution is 0.577. The Morgan fingerprint density at radius 1 is 1.35 bits per heavy atom. The van der Waals surface area contributed by atoms with Crippen molar-refractivity contribution in [3.05, 3.63) is 12.4 Å². The van der Waals surface area contributed by atoms with E-state index in [2.05, 4.69) is 20.0 Å². The summed E-state index contributed by atoms with van der Waals surface area (Å²) in [6.45, 7) is 4.61. The lowest BCUT2D eigenvalue weighted by Crippen LogP contribution is -2.28. The van der Waals surface area contributed by atoms with Gasteiger partial charge in [0.25, 0.3) is 0 Å². The summed E-state index contributed by atoms with van der Waals surface area (Å²) in [5.74, 6) is 0.390. The summed E-state index contributed by atoms with van der Waals surface area (Å²) in [7, 11) is -4.57. The molecule has 7 nitrogen and oxygen atoms in total. The molecular weight excluding hydrogens is 300 g/mol. The molecule has 1 rings (SSSR count). The quantitative estimate of drug-likeness (QED) is 0.716. The highest BCUT2D eigenvalue weighted by molar-refractivity contribution is 7.89. The van der Waals surface area contributed by atoms with E-state index in [4.69, 9.17) is 0 Å². The van der Waals surface area contributed by atoms with E-state index in [1.54, 1.807) is 6.26 Å². The summed E-state index contributed by atoms with van der Waals surface area (Å²) in [4.78, 5) is 7.85. The van der Waals surface area contributed by atoms with Gasteiger partial charge in [0.2, 0.25) is 16.0 Å². The molecule has 0 fully saturated rings. The molecule has 0 aliphatic rings. The van der Waals surface area contributed by atoms with E-state index in [1.165, 1.54) is 12.4 Å². The predicted octanol–water partition coefficient (Wildman–Crippen LogP) is 0.344. The normalized spacial score (nSPS) is 14.8. The molecule has 0 saturated heterocycles. The molecule has 0 amide bonds. The summed E-state index contributed by atoms with van der Waals surface area (Å²) in [5.41, 5.74) is 0. The van der Waals surface area contributed by atoms with Crippen LogP contribution in [0.4, 0.5) is 5.95 Å². The van der Waals surface area contributed by atoms with Crippen molar-refractivity contribution in [3.8, 4) is 0 Å². The molecule has 2 unspecified atom stereocenters. The number of nitrogens with zero attached hydrogens (tertiary/aromatic N) is 2. The maximum absolute atomic E-state index is 12.0. The van der Waals surface area contributed by atoms with Gasteiger partial charge < -0.3 is 5.32 Å². The first-order chi connectivity index (χ1) is 9.36. The maximum Gasteiger partial charge on any atom is 0.243 e. The van der Waals surface area contributed by atoms with Gasteiger partial charge in [-0.15, -0.1) is 0 Å². The molecule has 1 aromatic heterocycles. The molecule has 2 N–H and O–H groups in total. The fraction of sp³-hybridized carbons (Fsp3) is 0.636. The monoisotopic (exact) mass is 320 g/mol. The predicted molar refractivity (Wildman–Crippen MR) is 79.5 cm³/mol. The summed E-state index contributed by atoms with van der Waals surface area (Å²) < 4.78 is 37.6. The van der Waals surface area contributed by atoms with Crippen molar-refractivity contribution in [1.82, 2.24) is 14.7 Å². The average molecular weight is 320 g/mol. The van der Waals surface area contributed by atoms with Crippen LogP contribution in [0.5, 0.6) is 0 Å². The third-order valence-corrected chi connectivity index (χ3v) is 5.47. The van der Waals surface area contributed by atoms with Crippen LogP contribution in [0.3, 0.4) is 0 Å². The van der Waals surface area contributed by atoms with Gasteiger partial charge >= 0.3 is 0 Å². The van der Waals surface area contributed by atoms with Gasteiger partial charge in [-0.05, 0) is 13.3 Å². The minimum atomic E-state index is -3.62. The SMILES string of the molecule is CCNc1ncc(S(=O)(=O)NCCC(C)S(C)=O)cn1. The van der Waals surface area contributed by atoms with Gasteiger partial charge in [-0.2, -0.15) is 0 Å². The van der Waals surface area contributed by atoms with Crippen molar-refractivity contribution in [2.75, 3.05) is 24.7 Å². The van der Waals surface area contributed by atoms with Crippen LogP contribution in [-0.2, 0) is 20.8 Å². The second-order valence-corrected chi connectivity index (χ2v) is 7.84. The number of hydrogen-bond acceptors (Lipinski definition) is 6. The second-order valence-electron chi connectivity index (χ2n) is 4.27. The first-order valence-corrected chi connectivity index (χ1v) is 9.35. The summed E-state index contributed by atoms with van der Waals surface area (Å²) in [6.07, 6.45) is 4.63. The Kier molecular flexibility index (Phi) is 6.50. The molecule has 0 bridgehead atoms. The van der Waals surface area contributed by atoms with Gasteiger partial charge in [0.05, 0.1) is 12.4 Å². The Morgan fingerprint density at radius 3 is 2.45 bits per heavy atom. The van der Waals surface area contributed by atoms with Crippen LogP contribution < -0.4 is 10.0 Å². The van der Waals surface area contributed by atoms with E-state index in [0.717, 1.165) is 0 Å². The lowest BCUT2D eigenvalue weighted by atomic mass is 10.3. The molecule has 20 heavy (non-hydrogen) atoms. The molecule has 0 radical (unpaired) electrons. The van der Waals surface area contributed by atoms with Gasteiger partial charge in [-0.25, -0.2) is 23.1 Å². The topological polar surface area (TPSA) is 101 Å². The highest BCUT2D eigenvalue weighted by Gasteiger charge is 2.15. The highest BCUT2D eigenvalue weighted by atomic mass is 32.2. The van der Waals surface area contributed by atoms with Crippen LogP contribution in [-0.4, -0.2) is 47.2 Å². The summed E-state index contributed by atoms with van der Waals surface area (Å²) in [5, 5.41) is 2.83. The van der Waals surface area contributed by atoms with Gasteiger partial charge in [0.1, 0.15) is 4.90 Å². The van der Waals surface area contributed by atoms with Crippen LogP contribution >= 0.6 is 0 Å². The number of hydrogen-bond donors (Lipinski definition) is 2.